The minimum atomic E-state index is 0.714. The predicted molar refractivity (Wildman–Crippen MR) is 107 cm³/mol. The van der Waals surface area contributed by atoms with E-state index in [0.29, 0.717) is 6.61 Å². The zero-order valence-corrected chi connectivity index (χ0v) is 16.7. The maximum atomic E-state index is 5.33. The van der Waals surface area contributed by atoms with Gasteiger partial charge in [0.1, 0.15) is 0 Å². The number of aryl methyl sites for hydroxylation is 2. The normalized spacial score (nSPS) is 11.4. The highest BCUT2D eigenvalue weighted by Crippen LogP contribution is 2.18. The molecule has 0 aliphatic rings. The number of hydrogen-bond acceptors (Lipinski definition) is 4. The van der Waals surface area contributed by atoms with E-state index in [9.17, 15) is 0 Å². The summed E-state index contributed by atoms with van der Waals surface area (Å²) in [5.41, 5.74) is 6.04. The molecule has 0 bridgehead atoms. The second-order valence-electron chi connectivity index (χ2n) is 6.79. The zero-order valence-electron chi connectivity index (χ0n) is 16.7. The maximum Gasteiger partial charge on any atom is 0.0645 e. The van der Waals surface area contributed by atoms with Crippen LogP contribution in [0.3, 0.4) is 0 Å². The standard InChI is InChI=1S/C21H29N5O/c1-5-25-18(3)21(17(2)23-25)16-24(13-14-27-4)15-19-7-9-20(10-8-19)26-12-6-11-22-26/h6-12H,5,13-16H2,1-4H3. The van der Waals surface area contributed by atoms with Gasteiger partial charge in [0.25, 0.3) is 0 Å². The SMILES string of the molecule is CCn1nc(C)c(CN(CCOC)Cc2ccc(-n3cccn3)cc2)c1C. The molecular formula is C21H29N5O. The molecular weight excluding hydrogens is 338 g/mol. The number of rotatable bonds is 9. The zero-order chi connectivity index (χ0) is 19.2. The van der Waals surface area contributed by atoms with E-state index in [0.717, 1.165) is 37.6 Å². The monoisotopic (exact) mass is 367 g/mol. The van der Waals surface area contributed by atoms with Gasteiger partial charge in [0.2, 0.25) is 0 Å². The summed E-state index contributed by atoms with van der Waals surface area (Å²) < 4.78 is 9.28. The van der Waals surface area contributed by atoms with E-state index in [1.165, 1.54) is 16.8 Å². The molecule has 144 valence electrons. The highest BCUT2D eigenvalue weighted by atomic mass is 16.5. The molecule has 0 amide bonds. The van der Waals surface area contributed by atoms with Crippen molar-refractivity contribution >= 4 is 0 Å². The number of nitrogens with zero attached hydrogens (tertiary/aromatic N) is 5. The Kier molecular flexibility index (Phi) is 6.42. The third kappa shape index (κ3) is 4.64. The maximum absolute atomic E-state index is 5.33. The van der Waals surface area contributed by atoms with Crippen molar-refractivity contribution in [2.24, 2.45) is 0 Å². The Balaban J connectivity index is 1.74. The van der Waals surface area contributed by atoms with E-state index >= 15 is 0 Å². The molecule has 0 spiro atoms. The number of methoxy groups -OCH3 is 1. The van der Waals surface area contributed by atoms with E-state index in [2.05, 4.69) is 64.8 Å². The Morgan fingerprint density at radius 2 is 1.89 bits per heavy atom. The Bertz CT molecular complexity index is 836. The van der Waals surface area contributed by atoms with Crippen molar-refractivity contribution in [3.8, 4) is 5.69 Å². The van der Waals surface area contributed by atoms with Crippen LogP contribution in [0, 0.1) is 13.8 Å². The second-order valence-corrected chi connectivity index (χ2v) is 6.79. The van der Waals surface area contributed by atoms with E-state index in [-0.39, 0.29) is 0 Å². The lowest BCUT2D eigenvalue weighted by Crippen LogP contribution is -2.27. The molecule has 0 unspecified atom stereocenters. The molecule has 3 aromatic rings. The van der Waals surface area contributed by atoms with Crippen LogP contribution in [0.25, 0.3) is 5.69 Å². The Morgan fingerprint density at radius 1 is 1.11 bits per heavy atom. The molecule has 3 rings (SSSR count). The van der Waals surface area contributed by atoms with Crippen LogP contribution in [0.5, 0.6) is 0 Å². The molecule has 0 aliphatic carbocycles. The van der Waals surface area contributed by atoms with Gasteiger partial charge >= 0.3 is 0 Å². The lowest BCUT2D eigenvalue weighted by Gasteiger charge is -2.22. The molecule has 0 saturated heterocycles. The first kappa shape index (κ1) is 19.3. The smallest absolute Gasteiger partial charge is 0.0645 e. The van der Waals surface area contributed by atoms with Crippen LogP contribution in [0.15, 0.2) is 42.7 Å². The molecule has 6 nitrogen and oxygen atoms in total. The summed E-state index contributed by atoms with van der Waals surface area (Å²) in [4.78, 5) is 2.42. The first-order valence-corrected chi connectivity index (χ1v) is 9.45. The number of aromatic nitrogens is 4. The fraction of sp³-hybridized carbons (Fsp3) is 0.429. The fourth-order valence-corrected chi connectivity index (χ4v) is 3.36. The summed E-state index contributed by atoms with van der Waals surface area (Å²) in [6.07, 6.45) is 3.75. The minimum absolute atomic E-state index is 0.714. The van der Waals surface area contributed by atoms with Crippen molar-refractivity contribution in [2.45, 2.75) is 40.4 Å². The molecule has 6 heteroatoms. The van der Waals surface area contributed by atoms with Gasteiger partial charge in [0.15, 0.2) is 0 Å². The minimum Gasteiger partial charge on any atom is -0.383 e. The fourth-order valence-electron chi connectivity index (χ4n) is 3.36. The average Bonchev–Trinajstić information content (AvgIpc) is 3.30. The topological polar surface area (TPSA) is 48.1 Å². The average molecular weight is 367 g/mol. The summed E-state index contributed by atoms with van der Waals surface area (Å²) in [6, 6.07) is 10.5. The summed E-state index contributed by atoms with van der Waals surface area (Å²) in [6.45, 7) is 10.6. The van der Waals surface area contributed by atoms with Gasteiger partial charge in [-0.25, -0.2) is 4.68 Å². The number of ether oxygens (including phenoxy) is 1. The summed E-state index contributed by atoms with van der Waals surface area (Å²) in [5.74, 6) is 0. The predicted octanol–water partition coefficient (Wildman–Crippen LogP) is 3.35. The van der Waals surface area contributed by atoms with Gasteiger partial charge in [0, 0.05) is 56.9 Å². The van der Waals surface area contributed by atoms with E-state index < -0.39 is 0 Å². The van der Waals surface area contributed by atoms with Crippen LogP contribution >= 0.6 is 0 Å². The van der Waals surface area contributed by atoms with E-state index in [1.807, 2.05) is 16.9 Å². The molecule has 27 heavy (non-hydrogen) atoms. The molecule has 2 heterocycles. The van der Waals surface area contributed by atoms with Crippen molar-refractivity contribution in [1.29, 1.82) is 0 Å². The largest absolute Gasteiger partial charge is 0.383 e. The molecule has 0 N–H and O–H groups in total. The highest BCUT2D eigenvalue weighted by Gasteiger charge is 2.15. The van der Waals surface area contributed by atoms with Gasteiger partial charge in [-0.3, -0.25) is 9.58 Å². The van der Waals surface area contributed by atoms with E-state index in [1.54, 1.807) is 13.3 Å². The molecule has 0 radical (unpaired) electrons. The summed E-state index contributed by atoms with van der Waals surface area (Å²) in [7, 11) is 1.75. The van der Waals surface area contributed by atoms with Gasteiger partial charge in [-0.15, -0.1) is 0 Å². The summed E-state index contributed by atoms with van der Waals surface area (Å²) >= 11 is 0. The third-order valence-electron chi connectivity index (χ3n) is 4.94. The Hall–Kier alpha value is -2.44. The van der Waals surface area contributed by atoms with Crippen LogP contribution in [0.1, 0.15) is 29.4 Å². The number of benzene rings is 1. The second kappa shape index (κ2) is 8.97. The Morgan fingerprint density at radius 3 is 2.48 bits per heavy atom. The number of hydrogen-bond donors (Lipinski definition) is 0. The third-order valence-corrected chi connectivity index (χ3v) is 4.94. The van der Waals surface area contributed by atoms with Crippen LogP contribution in [0.2, 0.25) is 0 Å². The lowest BCUT2D eigenvalue weighted by atomic mass is 10.1. The highest BCUT2D eigenvalue weighted by molar-refractivity contribution is 5.34. The van der Waals surface area contributed by atoms with Crippen molar-refractivity contribution in [3.05, 3.63) is 65.2 Å². The molecule has 0 atom stereocenters. The molecule has 0 saturated carbocycles. The van der Waals surface area contributed by atoms with Crippen molar-refractivity contribution < 1.29 is 4.74 Å². The van der Waals surface area contributed by atoms with Crippen LogP contribution < -0.4 is 0 Å². The quantitative estimate of drug-likeness (QED) is 0.582. The lowest BCUT2D eigenvalue weighted by molar-refractivity contribution is 0.140. The molecule has 2 aromatic heterocycles. The molecule has 0 aliphatic heterocycles. The van der Waals surface area contributed by atoms with Crippen molar-refractivity contribution in [2.75, 3.05) is 20.3 Å². The van der Waals surface area contributed by atoms with Gasteiger partial charge in [-0.2, -0.15) is 10.2 Å². The van der Waals surface area contributed by atoms with Gasteiger partial charge < -0.3 is 4.74 Å². The molecule has 0 fully saturated rings. The molecule has 1 aromatic carbocycles. The van der Waals surface area contributed by atoms with Gasteiger partial charge in [-0.1, -0.05) is 12.1 Å². The Labute approximate surface area is 161 Å². The van der Waals surface area contributed by atoms with Gasteiger partial charge in [0.05, 0.1) is 18.0 Å². The summed E-state index contributed by atoms with van der Waals surface area (Å²) in [5, 5.41) is 8.94. The van der Waals surface area contributed by atoms with E-state index in [4.69, 9.17) is 4.74 Å². The van der Waals surface area contributed by atoms with Crippen LogP contribution in [-0.2, 0) is 24.4 Å². The van der Waals surface area contributed by atoms with Crippen molar-refractivity contribution in [1.82, 2.24) is 24.5 Å². The first-order chi connectivity index (χ1) is 13.1. The van der Waals surface area contributed by atoms with Crippen LogP contribution in [0.4, 0.5) is 0 Å². The van der Waals surface area contributed by atoms with Gasteiger partial charge in [-0.05, 0) is 44.5 Å². The van der Waals surface area contributed by atoms with Crippen LogP contribution in [-0.4, -0.2) is 44.7 Å². The van der Waals surface area contributed by atoms with Crippen molar-refractivity contribution in [3.63, 3.8) is 0 Å². The first-order valence-electron chi connectivity index (χ1n) is 9.45.